The van der Waals surface area contributed by atoms with Crippen molar-refractivity contribution in [2.45, 2.75) is 84.5 Å². The quantitative estimate of drug-likeness (QED) is 0.276. The van der Waals surface area contributed by atoms with Crippen molar-refractivity contribution >= 4 is 17.1 Å². The largest absolute Gasteiger partial charge is 0.486 e. The van der Waals surface area contributed by atoms with Gasteiger partial charge in [0, 0.05) is 25.3 Å². The van der Waals surface area contributed by atoms with E-state index in [9.17, 15) is 9.59 Å². The molecule has 0 N–H and O–H groups in total. The van der Waals surface area contributed by atoms with Crippen LogP contribution >= 0.6 is 0 Å². The number of fused-ring (bicyclic) bond motifs is 2. The van der Waals surface area contributed by atoms with Crippen LogP contribution in [0.2, 0.25) is 0 Å². The highest BCUT2D eigenvalue weighted by Gasteiger charge is 2.28. The number of aryl methyl sites for hydroxylation is 1. The van der Waals surface area contributed by atoms with Crippen LogP contribution in [0.3, 0.4) is 0 Å². The summed E-state index contributed by atoms with van der Waals surface area (Å²) < 4.78 is 19.0. The molecule has 1 aliphatic rings. The lowest BCUT2D eigenvalue weighted by Gasteiger charge is -2.34. The SMILES string of the molecule is C=C(CCC(CCC)N(Cc1ccc2c(c1)OCCO2)C(=O)OC(C)(C)C)CCn1c(=O)cnc2cnccc21. The van der Waals surface area contributed by atoms with Crippen molar-refractivity contribution in [1.29, 1.82) is 0 Å². The van der Waals surface area contributed by atoms with Gasteiger partial charge in [0.2, 0.25) is 0 Å². The van der Waals surface area contributed by atoms with Crippen LogP contribution in [-0.2, 0) is 17.8 Å². The molecule has 1 aliphatic heterocycles. The van der Waals surface area contributed by atoms with Gasteiger partial charge in [0.25, 0.3) is 5.56 Å². The predicted octanol–water partition coefficient (Wildman–Crippen LogP) is 5.90. The highest BCUT2D eigenvalue weighted by molar-refractivity contribution is 5.72. The van der Waals surface area contributed by atoms with E-state index in [4.69, 9.17) is 14.2 Å². The Hall–Kier alpha value is -3.88. The number of allylic oxidation sites excluding steroid dienone is 1. The molecule has 0 saturated carbocycles. The van der Waals surface area contributed by atoms with Crippen LogP contribution < -0.4 is 15.0 Å². The van der Waals surface area contributed by atoms with Crippen molar-refractivity contribution in [2.24, 2.45) is 0 Å². The van der Waals surface area contributed by atoms with Crippen molar-refractivity contribution in [3.05, 3.63) is 70.9 Å². The van der Waals surface area contributed by atoms with Gasteiger partial charge in [-0.25, -0.2) is 9.78 Å². The highest BCUT2D eigenvalue weighted by atomic mass is 16.6. The fraction of sp³-hybridized carbons (Fsp3) is 0.484. The van der Waals surface area contributed by atoms with Crippen LogP contribution in [0.25, 0.3) is 11.0 Å². The number of benzene rings is 1. The summed E-state index contributed by atoms with van der Waals surface area (Å²) in [6, 6.07) is 7.58. The first-order valence-corrected chi connectivity index (χ1v) is 14.0. The normalized spacial score (nSPS) is 13.6. The second kappa shape index (κ2) is 13.0. The van der Waals surface area contributed by atoms with Gasteiger partial charge in [0.1, 0.15) is 24.3 Å². The van der Waals surface area contributed by atoms with Crippen LogP contribution in [0.1, 0.15) is 65.4 Å². The van der Waals surface area contributed by atoms with Gasteiger partial charge < -0.3 is 23.7 Å². The molecule has 9 nitrogen and oxygen atoms in total. The van der Waals surface area contributed by atoms with E-state index < -0.39 is 5.60 Å². The Morgan fingerprint density at radius 2 is 1.90 bits per heavy atom. The highest BCUT2D eigenvalue weighted by Crippen LogP contribution is 2.32. The number of hydrogen-bond acceptors (Lipinski definition) is 7. The molecule has 1 atom stereocenters. The smallest absolute Gasteiger partial charge is 0.410 e. The first-order valence-electron chi connectivity index (χ1n) is 14.0. The zero-order valence-corrected chi connectivity index (χ0v) is 24.0. The molecule has 0 aliphatic carbocycles. The molecule has 214 valence electrons. The van der Waals surface area contributed by atoms with Crippen molar-refractivity contribution in [3.8, 4) is 11.5 Å². The molecule has 3 heterocycles. The maximum absolute atomic E-state index is 13.5. The molecule has 1 aromatic carbocycles. The number of ether oxygens (including phenoxy) is 3. The molecular formula is C31H40N4O5. The lowest BCUT2D eigenvalue weighted by atomic mass is 9.99. The van der Waals surface area contributed by atoms with E-state index in [0.29, 0.717) is 44.0 Å². The van der Waals surface area contributed by atoms with Crippen LogP contribution in [-0.4, -0.2) is 50.4 Å². The summed E-state index contributed by atoms with van der Waals surface area (Å²) >= 11 is 0. The van der Waals surface area contributed by atoms with Gasteiger partial charge in [-0.15, -0.1) is 0 Å². The van der Waals surface area contributed by atoms with E-state index >= 15 is 0 Å². The van der Waals surface area contributed by atoms with Gasteiger partial charge in [-0.3, -0.25) is 9.78 Å². The minimum absolute atomic E-state index is 0.0413. The van der Waals surface area contributed by atoms with Gasteiger partial charge >= 0.3 is 6.09 Å². The molecule has 0 fully saturated rings. The number of carbonyl (C=O) groups is 1. The van der Waals surface area contributed by atoms with Gasteiger partial charge in [-0.05, 0) is 70.2 Å². The van der Waals surface area contributed by atoms with Gasteiger partial charge in [-0.2, -0.15) is 0 Å². The Morgan fingerprint density at radius 3 is 2.65 bits per heavy atom. The third-order valence-corrected chi connectivity index (χ3v) is 6.82. The molecule has 0 radical (unpaired) electrons. The van der Waals surface area contributed by atoms with Gasteiger partial charge in [-0.1, -0.05) is 31.6 Å². The summed E-state index contributed by atoms with van der Waals surface area (Å²) in [6.07, 6.45) is 8.18. The molecule has 40 heavy (non-hydrogen) atoms. The molecule has 1 unspecified atom stereocenters. The summed E-state index contributed by atoms with van der Waals surface area (Å²) in [6.45, 7) is 14.0. The molecule has 1 amide bonds. The maximum Gasteiger partial charge on any atom is 0.410 e. The summed E-state index contributed by atoms with van der Waals surface area (Å²) in [7, 11) is 0. The summed E-state index contributed by atoms with van der Waals surface area (Å²) in [5, 5.41) is 0. The number of rotatable bonds is 11. The first-order chi connectivity index (χ1) is 19.1. The number of carbonyl (C=O) groups excluding carboxylic acids is 1. The van der Waals surface area contributed by atoms with Crippen LogP contribution in [0.5, 0.6) is 11.5 Å². The van der Waals surface area contributed by atoms with Gasteiger partial charge in [0.15, 0.2) is 11.5 Å². The number of nitrogens with zero attached hydrogens (tertiary/aromatic N) is 4. The maximum atomic E-state index is 13.5. The predicted molar refractivity (Wildman–Crippen MR) is 155 cm³/mol. The third-order valence-electron chi connectivity index (χ3n) is 6.82. The molecular weight excluding hydrogens is 508 g/mol. The van der Waals surface area contributed by atoms with Crippen molar-refractivity contribution in [2.75, 3.05) is 13.2 Å². The Labute approximate surface area is 235 Å². The topological polar surface area (TPSA) is 95.8 Å². The molecule has 3 aromatic rings. The summed E-state index contributed by atoms with van der Waals surface area (Å²) in [5.74, 6) is 1.42. The second-order valence-electron chi connectivity index (χ2n) is 11.2. The zero-order valence-electron chi connectivity index (χ0n) is 24.0. The van der Waals surface area contributed by atoms with E-state index in [2.05, 4.69) is 23.5 Å². The van der Waals surface area contributed by atoms with Gasteiger partial charge in [0.05, 0.1) is 17.9 Å². The number of amides is 1. The lowest BCUT2D eigenvalue weighted by Crippen LogP contribution is -2.43. The molecule has 0 saturated heterocycles. The lowest BCUT2D eigenvalue weighted by molar-refractivity contribution is 0.0119. The van der Waals surface area contributed by atoms with E-state index in [-0.39, 0.29) is 17.7 Å². The fourth-order valence-corrected chi connectivity index (χ4v) is 4.85. The average molecular weight is 549 g/mol. The summed E-state index contributed by atoms with van der Waals surface area (Å²) in [5.41, 5.74) is 2.66. The number of hydrogen-bond donors (Lipinski definition) is 0. The molecule has 9 heteroatoms. The minimum Gasteiger partial charge on any atom is -0.486 e. The Balaban J connectivity index is 1.47. The Kier molecular flexibility index (Phi) is 9.45. The molecule has 0 bridgehead atoms. The van der Waals surface area contributed by atoms with E-state index in [1.807, 2.05) is 43.9 Å². The van der Waals surface area contributed by atoms with Crippen LogP contribution in [0, 0.1) is 0 Å². The first kappa shape index (κ1) is 29.1. The van der Waals surface area contributed by atoms with Crippen molar-refractivity contribution in [3.63, 3.8) is 0 Å². The monoisotopic (exact) mass is 548 g/mol. The number of pyridine rings is 1. The Morgan fingerprint density at radius 1 is 1.12 bits per heavy atom. The minimum atomic E-state index is -0.613. The van der Waals surface area contributed by atoms with E-state index in [1.165, 1.54) is 6.20 Å². The molecule has 0 spiro atoms. The van der Waals surface area contributed by atoms with Crippen molar-refractivity contribution in [1.82, 2.24) is 19.4 Å². The van der Waals surface area contributed by atoms with E-state index in [0.717, 1.165) is 48.1 Å². The molecule has 4 rings (SSSR count). The standard InChI is InChI=1S/C31H40N4O5/c1-6-7-24(10-8-22(2)13-15-34-26-12-14-32-19-25(26)33-20-29(34)36)35(30(37)40-31(3,4)5)21-23-9-11-27-28(18-23)39-17-16-38-27/h9,11-12,14,18-20,24H,2,6-8,10,13,15-17,21H2,1,3-5H3. The zero-order chi connectivity index (χ0) is 28.7. The molecule has 2 aromatic heterocycles. The van der Waals surface area contributed by atoms with E-state index in [1.54, 1.807) is 23.0 Å². The van der Waals surface area contributed by atoms with Crippen molar-refractivity contribution < 1.29 is 19.0 Å². The second-order valence-corrected chi connectivity index (χ2v) is 11.2. The van der Waals surface area contributed by atoms with Crippen LogP contribution in [0.15, 0.2) is 59.8 Å². The number of aromatic nitrogens is 3. The third kappa shape index (κ3) is 7.61. The fourth-order valence-electron chi connectivity index (χ4n) is 4.85. The van der Waals surface area contributed by atoms with Crippen LogP contribution in [0.4, 0.5) is 4.79 Å². The summed E-state index contributed by atoms with van der Waals surface area (Å²) in [4.78, 5) is 36.1. The average Bonchev–Trinajstić information content (AvgIpc) is 2.92. The Bertz CT molecular complexity index is 1390.